The van der Waals surface area contributed by atoms with E-state index in [4.69, 9.17) is 0 Å². The second-order valence-corrected chi connectivity index (χ2v) is 10.9. The maximum Gasteiger partial charge on any atom is 0.251 e. The van der Waals surface area contributed by atoms with Crippen LogP contribution in [0.5, 0.6) is 0 Å². The van der Waals surface area contributed by atoms with Crippen LogP contribution in [0.25, 0.3) is 11.3 Å². The van der Waals surface area contributed by atoms with Gasteiger partial charge in [-0.15, -0.1) is 11.3 Å². The van der Waals surface area contributed by atoms with Crippen molar-refractivity contribution in [3.63, 3.8) is 0 Å². The molecule has 1 aromatic heterocycles. The summed E-state index contributed by atoms with van der Waals surface area (Å²) in [7, 11) is -3.45. The predicted molar refractivity (Wildman–Crippen MR) is 130 cm³/mol. The number of nitrogens with one attached hydrogen (secondary N) is 2. The molecular weight excluding hydrogens is 466 g/mol. The molecule has 0 saturated carbocycles. The summed E-state index contributed by atoms with van der Waals surface area (Å²) in [6.45, 7) is 0. The van der Waals surface area contributed by atoms with E-state index in [1.165, 1.54) is 35.6 Å². The number of hydrogen-bond donors (Lipinski definition) is 2. The SMILES string of the molecule is CSCCC(NC(=O)c1cccc(S(C)(=O)=O)c1)C(=O)Nc1nc(-c2ccccc2)cs1. The number of carbonyl (C=O) groups excluding carboxylic acids is 2. The first-order valence-corrected chi connectivity index (χ1v) is 13.9. The molecule has 3 rings (SSSR count). The van der Waals surface area contributed by atoms with E-state index in [1.54, 1.807) is 11.8 Å². The number of benzene rings is 2. The molecule has 32 heavy (non-hydrogen) atoms. The molecule has 2 amide bonds. The van der Waals surface area contributed by atoms with E-state index in [1.807, 2.05) is 42.0 Å². The molecule has 2 aromatic carbocycles. The van der Waals surface area contributed by atoms with Crippen LogP contribution in [0.1, 0.15) is 16.8 Å². The van der Waals surface area contributed by atoms with Gasteiger partial charge >= 0.3 is 0 Å². The molecule has 0 aliphatic rings. The minimum absolute atomic E-state index is 0.0477. The maximum absolute atomic E-state index is 12.9. The summed E-state index contributed by atoms with van der Waals surface area (Å²) in [5, 5.41) is 7.80. The first-order valence-electron chi connectivity index (χ1n) is 9.69. The third-order valence-electron chi connectivity index (χ3n) is 4.56. The average Bonchev–Trinajstić information content (AvgIpc) is 3.25. The van der Waals surface area contributed by atoms with Gasteiger partial charge in [-0.05, 0) is 36.6 Å². The van der Waals surface area contributed by atoms with Gasteiger partial charge in [0.05, 0.1) is 10.6 Å². The molecule has 0 saturated heterocycles. The number of nitrogens with zero attached hydrogens (tertiary/aromatic N) is 1. The first kappa shape index (κ1) is 24.0. The molecule has 1 atom stereocenters. The number of amides is 2. The lowest BCUT2D eigenvalue weighted by molar-refractivity contribution is -0.118. The van der Waals surface area contributed by atoms with E-state index in [-0.39, 0.29) is 16.4 Å². The second-order valence-electron chi connectivity index (χ2n) is 7.00. The van der Waals surface area contributed by atoms with Gasteiger partial charge in [-0.25, -0.2) is 13.4 Å². The zero-order valence-electron chi connectivity index (χ0n) is 17.6. The number of anilines is 1. The Bertz CT molecular complexity index is 1190. The zero-order valence-corrected chi connectivity index (χ0v) is 20.0. The molecule has 3 aromatic rings. The highest BCUT2D eigenvalue weighted by atomic mass is 32.2. The summed E-state index contributed by atoms with van der Waals surface area (Å²) < 4.78 is 23.6. The van der Waals surface area contributed by atoms with Crippen molar-refractivity contribution in [1.82, 2.24) is 10.3 Å². The van der Waals surface area contributed by atoms with E-state index in [0.29, 0.717) is 17.3 Å². The van der Waals surface area contributed by atoms with Crippen molar-refractivity contribution in [2.45, 2.75) is 17.4 Å². The van der Waals surface area contributed by atoms with Crippen LogP contribution in [-0.2, 0) is 14.6 Å². The minimum atomic E-state index is -3.45. The van der Waals surface area contributed by atoms with Crippen molar-refractivity contribution in [2.24, 2.45) is 0 Å². The van der Waals surface area contributed by atoms with Gasteiger partial charge in [0.25, 0.3) is 5.91 Å². The van der Waals surface area contributed by atoms with E-state index in [2.05, 4.69) is 15.6 Å². The van der Waals surface area contributed by atoms with Crippen molar-refractivity contribution >= 4 is 49.9 Å². The Hall–Kier alpha value is -2.69. The molecule has 2 N–H and O–H groups in total. The fourth-order valence-electron chi connectivity index (χ4n) is 2.88. The number of thiazole rings is 1. The molecule has 0 fully saturated rings. The van der Waals surface area contributed by atoms with E-state index >= 15 is 0 Å². The highest BCUT2D eigenvalue weighted by Crippen LogP contribution is 2.24. The number of hydrogen-bond acceptors (Lipinski definition) is 7. The molecule has 10 heteroatoms. The fourth-order valence-corrected chi connectivity index (χ4v) is 4.74. The smallest absolute Gasteiger partial charge is 0.251 e. The van der Waals surface area contributed by atoms with Crippen LogP contribution < -0.4 is 10.6 Å². The largest absolute Gasteiger partial charge is 0.340 e. The van der Waals surface area contributed by atoms with Crippen molar-refractivity contribution in [3.05, 3.63) is 65.5 Å². The zero-order chi connectivity index (χ0) is 23.1. The Kier molecular flexibility index (Phi) is 8.05. The Balaban J connectivity index is 1.73. The van der Waals surface area contributed by atoms with Gasteiger partial charge in [-0.3, -0.25) is 9.59 Å². The van der Waals surface area contributed by atoms with Gasteiger partial charge in [0.2, 0.25) is 5.91 Å². The third kappa shape index (κ3) is 6.41. The Morgan fingerprint density at radius 1 is 1.12 bits per heavy atom. The lowest BCUT2D eigenvalue weighted by Crippen LogP contribution is -2.44. The number of aromatic nitrogens is 1. The summed E-state index contributed by atoms with van der Waals surface area (Å²) in [6.07, 6.45) is 3.41. The molecule has 7 nitrogen and oxygen atoms in total. The van der Waals surface area contributed by atoms with Crippen molar-refractivity contribution < 1.29 is 18.0 Å². The summed E-state index contributed by atoms with van der Waals surface area (Å²) in [4.78, 5) is 30.1. The summed E-state index contributed by atoms with van der Waals surface area (Å²) in [5.74, 6) is -0.226. The molecule has 168 valence electrons. The molecule has 1 unspecified atom stereocenters. The van der Waals surface area contributed by atoms with Gasteiger partial charge in [0.15, 0.2) is 15.0 Å². The van der Waals surface area contributed by atoms with Gasteiger partial charge < -0.3 is 10.6 Å². The molecule has 0 radical (unpaired) electrons. The molecule has 0 spiro atoms. The monoisotopic (exact) mass is 489 g/mol. The number of sulfone groups is 1. The number of carbonyl (C=O) groups is 2. The normalized spacial score (nSPS) is 12.2. The lowest BCUT2D eigenvalue weighted by Gasteiger charge is -2.17. The predicted octanol–water partition coefficient (Wildman–Crippen LogP) is 3.70. The summed E-state index contributed by atoms with van der Waals surface area (Å²) >= 11 is 2.87. The van der Waals surface area contributed by atoms with Gasteiger partial charge in [0, 0.05) is 22.8 Å². The summed E-state index contributed by atoms with van der Waals surface area (Å²) in [6, 6.07) is 14.6. The van der Waals surface area contributed by atoms with E-state index < -0.39 is 21.8 Å². The molecule has 0 aliphatic heterocycles. The average molecular weight is 490 g/mol. The van der Waals surface area contributed by atoms with E-state index in [0.717, 1.165) is 17.5 Å². The molecule has 1 heterocycles. The van der Waals surface area contributed by atoms with Gasteiger partial charge in [-0.1, -0.05) is 36.4 Å². The number of rotatable bonds is 9. The Labute approximate surface area is 195 Å². The topological polar surface area (TPSA) is 105 Å². The highest BCUT2D eigenvalue weighted by Gasteiger charge is 2.23. The van der Waals surface area contributed by atoms with Gasteiger partial charge in [0.1, 0.15) is 6.04 Å². The van der Waals surface area contributed by atoms with Crippen molar-refractivity contribution in [2.75, 3.05) is 23.6 Å². The molecule has 0 bridgehead atoms. The van der Waals surface area contributed by atoms with Crippen LogP contribution >= 0.6 is 23.1 Å². The van der Waals surface area contributed by atoms with Crippen LogP contribution in [0.15, 0.2) is 64.9 Å². The first-order chi connectivity index (χ1) is 15.3. The number of thioether (sulfide) groups is 1. The van der Waals surface area contributed by atoms with Crippen molar-refractivity contribution in [1.29, 1.82) is 0 Å². The van der Waals surface area contributed by atoms with Crippen LogP contribution in [0.2, 0.25) is 0 Å². The minimum Gasteiger partial charge on any atom is -0.340 e. The maximum atomic E-state index is 12.9. The van der Waals surface area contributed by atoms with E-state index in [9.17, 15) is 18.0 Å². The van der Waals surface area contributed by atoms with Crippen LogP contribution in [0.4, 0.5) is 5.13 Å². The molecular formula is C22H23N3O4S3. The highest BCUT2D eigenvalue weighted by molar-refractivity contribution is 7.98. The van der Waals surface area contributed by atoms with Crippen LogP contribution in [0, 0.1) is 0 Å². The third-order valence-corrected chi connectivity index (χ3v) is 7.07. The van der Waals surface area contributed by atoms with Crippen LogP contribution in [0.3, 0.4) is 0 Å². The molecule has 0 aliphatic carbocycles. The standard InChI is InChI=1S/C22H23N3O4S3/c1-30-12-11-18(23-20(26)16-9-6-10-17(13-16)32(2,28)29)21(27)25-22-24-19(14-31-22)15-7-4-3-5-8-15/h3-10,13-14,18H,11-12H2,1-2H3,(H,23,26)(H,24,25,27). The van der Waals surface area contributed by atoms with Gasteiger partial charge in [-0.2, -0.15) is 11.8 Å². The summed E-state index contributed by atoms with van der Waals surface area (Å²) in [5.41, 5.74) is 1.88. The quantitative estimate of drug-likeness (QED) is 0.475. The van der Waals surface area contributed by atoms with Crippen LogP contribution in [-0.4, -0.2) is 49.5 Å². The Morgan fingerprint density at radius 2 is 1.88 bits per heavy atom. The Morgan fingerprint density at radius 3 is 2.56 bits per heavy atom. The second kappa shape index (κ2) is 10.8. The fraction of sp³-hybridized carbons (Fsp3) is 0.227. The lowest BCUT2D eigenvalue weighted by atomic mass is 10.1. The van der Waals surface area contributed by atoms with Crippen molar-refractivity contribution in [3.8, 4) is 11.3 Å².